The van der Waals surface area contributed by atoms with Crippen molar-refractivity contribution in [2.24, 2.45) is 0 Å². The molecule has 0 spiro atoms. The third kappa shape index (κ3) is 3.87. The van der Waals surface area contributed by atoms with Crippen molar-refractivity contribution in [1.82, 2.24) is 19.8 Å². The molecule has 0 saturated carbocycles. The van der Waals surface area contributed by atoms with Crippen molar-refractivity contribution in [1.29, 1.82) is 0 Å². The van der Waals surface area contributed by atoms with Gasteiger partial charge in [-0.05, 0) is 6.26 Å². The number of carboxylic acids is 1. The van der Waals surface area contributed by atoms with Crippen LogP contribution in [0.15, 0.2) is 28.8 Å². The molecule has 3 rings (SSSR count). The lowest BCUT2D eigenvalue weighted by Crippen LogP contribution is -2.70. The number of aromatic nitrogens is 2. The van der Waals surface area contributed by atoms with Gasteiger partial charge in [0.05, 0.1) is 0 Å². The fraction of sp³-hybridized carbons (Fsp3) is 0.438. The standard InChI is InChI=1S/C16H18N4O6S2/c1-8(21)26-6-9-7-28-14-11(13(23)20(14)12(9)15(24)25)18-10(22)5-19-4-3-17-16(19)27-2/h3-4,11,14H,5-7H2,1-2H3,(H,18,22)(H,24,25). The summed E-state index contributed by atoms with van der Waals surface area (Å²) in [7, 11) is 0. The monoisotopic (exact) mass is 426 g/mol. The van der Waals surface area contributed by atoms with Crippen LogP contribution in [-0.2, 0) is 30.5 Å². The first kappa shape index (κ1) is 20.3. The minimum atomic E-state index is -1.27. The number of carbonyl (C=O) groups is 4. The Labute approximate surface area is 168 Å². The van der Waals surface area contributed by atoms with E-state index in [-0.39, 0.29) is 30.5 Å². The molecular weight excluding hydrogens is 408 g/mol. The molecule has 2 N–H and O–H groups in total. The molecule has 1 fully saturated rings. The first-order valence-corrected chi connectivity index (χ1v) is 10.5. The second kappa shape index (κ2) is 8.27. The number of nitrogens with zero attached hydrogens (tertiary/aromatic N) is 3. The van der Waals surface area contributed by atoms with Crippen molar-refractivity contribution in [2.45, 2.75) is 30.0 Å². The van der Waals surface area contributed by atoms with Crippen molar-refractivity contribution in [2.75, 3.05) is 18.6 Å². The van der Waals surface area contributed by atoms with E-state index < -0.39 is 29.3 Å². The van der Waals surface area contributed by atoms with Crippen LogP contribution in [0, 0.1) is 0 Å². The maximum Gasteiger partial charge on any atom is 0.352 e. The molecule has 150 valence electrons. The number of imidazole rings is 1. The van der Waals surface area contributed by atoms with E-state index in [4.69, 9.17) is 4.74 Å². The van der Waals surface area contributed by atoms with Crippen molar-refractivity contribution >= 4 is 47.3 Å². The van der Waals surface area contributed by atoms with Gasteiger partial charge in [-0.2, -0.15) is 0 Å². The number of rotatable bonds is 7. The molecular formula is C16H18N4O6S2. The topological polar surface area (TPSA) is 131 Å². The van der Waals surface area contributed by atoms with E-state index in [1.54, 1.807) is 17.0 Å². The molecule has 28 heavy (non-hydrogen) atoms. The summed E-state index contributed by atoms with van der Waals surface area (Å²) in [5.41, 5.74) is 0.171. The predicted molar refractivity (Wildman–Crippen MR) is 100 cm³/mol. The van der Waals surface area contributed by atoms with Gasteiger partial charge in [0.1, 0.15) is 30.3 Å². The number of aliphatic carboxylic acids is 1. The molecule has 12 heteroatoms. The van der Waals surface area contributed by atoms with Crippen LogP contribution in [0.1, 0.15) is 6.92 Å². The van der Waals surface area contributed by atoms with E-state index >= 15 is 0 Å². The number of hydrogen-bond acceptors (Lipinski definition) is 8. The lowest BCUT2D eigenvalue weighted by atomic mass is 10.0. The number of fused-ring (bicyclic) bond motifs is 1. The normalized spacial score (nSPS) is 21.1. The predicted octanol–water partition coefficient (Wildman–Crippen LogP) is -0.0933. The second-order valence-corrected chi connectivity index (χ2v) is 7.91. The van der Waals surface area contributed by atoms with Gasteiger partial charge in [-0.1, -0.05) is 11.8 Å². The first-order valence-electron chi connectivity index (χ1n) is 8.21. The van der Waals surface area contributed by atoms with E-state index in [0.717, 1.165) is 4.90 Å². The van der Waals surface area contributed by atoms with Gasteiger partial charge >= 0.3 is 11.9 Å². The average molecular weight is 426 g/mol. The third-order valence-corrected chi connectivity index (χ3v) is 6.23. The van der Waals surface area contributed by atoms with Gasteiger partial charge in [0, 0.05) is 30.6 Å². The fourth-order valence-corrected chi connectivity index (χ4v) is 4.82. The van der Waals surface area contributed by atoms with Crippen molar-refractivity contribution in [3.8, 4) is 0 Å². The highest BCUT2D eigenvalue weighted by molar-refractivity contribution is 8.00. The van der Waals surface area contributed by atoms with Crippen LogP contribution in [0.25, 0.3) is 0 Å². The maximum absolute atomic E-state index is 12.5. The minimum absolute atomic E-state index is 0.0106. The number of carboxylic acid groups (broad SMARTS) is 1. The van der Waals surface area contributed by atoms with Crippen molar-refractivity contribution in [3.05, 3.63) is 23.7 Å². The van der Waals surface area contributed by atoms with Crippen molar-refractivity contribution < 1.29 is 29.0 Å². The molecule has 2 amide bonds. The van der Waals surface area contributed by atoms with Crippen LogP contribution in [-0.4, -0.2) is 73.3 Å². The molecule has 0 radical (unpaired) electrons. The summed E-state index contributed by atoms with van der Waals surface area (Å²) in [6, 6.07) is -0.802. The van der Waals surface area contributed by atoms with E-state index in [2.05, 4.69) is 10.3 Å². The number of carbonyl (C=O) groups excluding carboxylic acids is 3. The van der Waals surface area contributed by atoms with Crippen LogP contribution in [0.2, 0.25) is 0 Å². The number of ether oxygens (including phenoxy) is 1. The van der Waals surface area contributed by atoms with Crippen LogP contribution < -0.4 is 5.32 Å². The summed E-state index contributed by atoms with van der Waals surface area (Å²) >= 11 is 2.72. The molecule has 1 aromatic rings. The zero-order valence-electron chi connectivity index (χ0n) is 15.1. The number of β-lactam (4-membered cyclic amide) rings is 1. The molecule has 3 heterocycles. The zero-order valence-corrected chi connectivity index (χ0v) is 16.7. The highest BCUT2D eigenvalue weighted by atomic mass is 32.2. The average Bonchev–Trinajstić information content (AvgIpc) is 3.10. The quantitative estimate of drug-likeness (QED) is 0.349. The molecule has 2 aliphatic rings. The molecule has 2 aliphatic heterocycles. The van der Waals surface area contributed by atoms with Gasteiger partial charge < -0.3 is 19.7 Å². The Morgan fingerprint density at radius 2 is 2.21 bits per heavy atom. The summed E-state index contributed by atoms with van der Waals surface area (Å²) in [5, 5.41) is 12.3. The van der Waals surface area contributed by atoms with Crippen LogP contribution >= 0.6 is 23.5 Å². The molecule has 1 aromatic heterocycles. The Balaban J connectivity index is 1.68. The highest BCUT2D eigenvalue weighted by Gasteiger charge is 2.54. The van der Waals surface area contributed by atoms with E-state index in [9.17, 15) is 24.3 Å². The number of amides is 2. The molecule has 0 bridgehead atoms. The Morgan fingerprint density at radius 1 is 1.46 bits per heavy atom. The molecule has 1 saturated heterocycles. The van der Waals surface area contributed by atoms with E-state index in [1.165, 1.54) is 30.4 Å². The Morgan fingerprint density at radius 3 is 2.86 bits per heavy atom. The second-order valence-electron chi connectivity index (χ2n) is 6.03. The number of hydrogen-bond donors (Lipinski definition) is 2. The summed E-state index contributed by atoms with van der Waals surface area (Å²) in [5.74, 6) is -2.38. The first-order chi connectivity index (χ1) is 13.3. The van der Waals surface area contributed by atoms with Gasteiger partial charge in [-0.25, -0.2) is 9.78 Å². The summed E-state index contributed by atoms with van der Waals surface area (Å²) in [4.78, 5) is 52.8. The lowest BCUT2D eigenvalue weighted by Gasteiger charge is -2.49. The largest absolute Gasteiger partial charge is 0.477 e. The summed E-state index contributed by atoms with van der Waals surface area (Å²) < 4.78 is 6.55. The number of thioether (sulfide) groups is 2. The zero-order chi connectivity index (χ0) is 20.4. The minimum Gasteiger partial charge on any atom is -0.477 e. The fourth-order valence-electron chi connectivity index (χ4n) is 2.96. The van der Waals surface area contributed by atoms with Gasteiger partial charge in [-0.15, -0.1) is 11.8 Å². The maximum atomic E-state index is 12.5. The Hall–Kier alpha value is -2.47. The van der Waals surface area contributed by atoms with Crippen LogP contribution in [0.3, 0.4) is 0 Å². The molecule has 0 aromatic carbocycles. The van der Waals surface area contributed by atoms with Gasteiger partial charge in [0.25, 0.3) is 5.91 Å². The Bertz CT molecular complexity index is 867. The van der Waals surface area contributed by atoms with Gasteiger partial charge in [0.2, 0.25) is 5.91 Å². The van der Waals surface area contributed by atoms with Gasteiger partial charge in [-0.3, -0.25) is 19.3 Å². The van der Waals surface area contributed by atoms with Crippen LogP contribution in [0.5, 0.6) is 0 Å². The van der Waals surface area contributed by atoms with E-state index in [1.807, 2.05) is 6.26 Å². The SMILES string of the molecule is CSc1nccn1CC(=O)NC1C(=O)N2C(C(=O)O)=C(COC(C)=O)CSC12. The summed E-state index contributed by atoms with van der Waals surface area (Å²) in [6.07, 6.45) is 5.10. The van der Waals surface area contributed by atoms with Crippen molar-refractivity contribution in [3.63, 3.8) is 0 Å². The molecule has 10 nitrogen and oxygen atoms in total. The molecule has 2 atom stereocenters. The lowest BCUT2D eigenvalue weighted by molar-refractivity contribution is -0.151. The highest BCUT2D eigenvalue weighted by Crippen LogP contribution is 2.40. The molecule has 0 aliphatic carbocycles. The number of esters is 1. The Kier molecular flexibility index (Phi) is 5.98. The smallest absolute Gasteiger partial charge is 0.352 e. The van der Waals surface area contributed by atoms with E-state index in [0.29, 0.717) is 10.7 Å². The number of nitrogens with one attached hydrogen (secondary N) is 1. The van der Waals surface area contributed by atoms with Crippen LogP contribution in [0.4, 0.5) is 0 Å². The molecule has 2 unspecified atom stereocenters. The third-order valence-electron chi connectivity index (χ3n) is 4.19. The summed E-state index contributed by atoms with van der Waals surface area (Å²) in [6.45, 7) is 1.05. The van der Waals surface area contributed by atoms with Gasteiger partial charge in [0.15, 0.2) is 5.16 Å².